The first-order valence-electron chi connectivity index (χ1n) is 7.29. The zero-order valence-corrected chi connectivity index (χ0v) is 11.9. The fourth-order valence-corrected chi connectivity index (χ4v) is 2.70. The Morgan fingerprint density at radius 2 is 2.10 bits per heavy atom. The maximum atomic E-state index is 13.2. The molecule has 0 heterocycles. The number of halogens is 1. The maximum Gasteiger partial charge on any atom is 0.223 e. The van der Waals surface area contributed by atoms with Gasteiger partial charge in [0.1, 0.15) is 5.82 Å². The number of aliphatic hydroxyl groups excluding tert-OH is 1. The summed E-state index contributed by atoms with van der Waals surface area (Å²) in [5.41, 5.74) is 1.13. The van der Waals surface area contributed by atoms with Crippen LogP contribution in [0.4, 0.5) is 4.39 Å². The molecule has 3 nitrogen and oxygen atoms in total. The molecule has 1 saturated carbocycles. The lowest BCUT2D eigenvalue weighted by molar-refractivity contribution is -0.126. The van der Waals surface area contributed by atoms with Gasteiger partial charge in [-0.1, -0.05) is 31.4 Å². The van der Waals surface area contributed by atoms with Crippen molar-refractivity contribution >= 4 is 5.91 Å². The van der Waals surface area contributed by atoms with Crippen molar-refractivity contribution in [2.45, 2.75) is 45.1 Å². The van der Waals surface area contributed by atoms with Crippen LogP contribution < -0.4 is 5.32 Å². The number of amides is 1. The highest BCUT2D eigenvalue weighted by molar-refractivity contribution is 5.78. The molecule has 1 aromatic rings. The van der Waals surface area contributed by atoms with E-state index in [0.717, 1.165) is 25.7 Å². The van der Waals surface area contributed by atoms with Crippen LogP contribution in [-0.2, 0) is 4.79 Å². The van der Waals surface area contributed by atoms with E-state index < -0.39 is 6.10 Å². The van der Waals surface area contributed by atoms with Crippen molar-refractivity contribution < 1.29 is 14.3 Å². The Morgan fingerprint density at radius 1 is 1.40 bits per heavy atom. The zero-order chi connectivity index (χ0) is 14.5. The van der Waals surface area contributed by atoms with Gasteiger partial charge in [0.2, 0.25) is 5.91 Å². The second-order valence-corrected chi connectivity index (χ2v) is 5.60. The van der Waals surface area contributed by atoms with Crippen LogP contribution >= 0.6 is 0 Å². The molecular formula is C16H22FNO2. The van der Waals surface area contributed by atoms with E-state index in [9.17, 15) is 14.3 Å². The van der Waals surface area contributed by atoms with Crippen LogP contribution in [0.3, 0.4) is 0 Å². The van der Waals surface area contributed by atoms with Crippen molar-refractivity contribution in [1.82, 2.24) is 5.32 Å². The van der Waals surface area contributed by atoms with Crippen LogP contribution in [0.2, 0.25) is 0 Å². The summed E-state index contributed by atoms with van der Waals surface area (Å²) in [6.45, 7) is 1.84. The van der Waals surface area contributed by atoms with Gasteiger partial charge in [0.25, 0.3) is 0 Å². The average molecular weight is 279 g/mol. The van der Waals surface area contributed by atoms with E-state index in [2.05, 4.69) is 5.32 Å². The Hall–Kier alpha value is -1.42. The number of benzene rings is 1. The van der Waals surface area contributed by atoms with E-state index in [1.54, 1.807) is 19.1 Å². The summed E-state index contributed by atoms with van der Waals surface area (Å²) >= 11 is 0. The molecular weight excluding hydrogens is 257 g/mol. The van der Waals surface area contributed by atoms with Crippen molar-refractivity contribution in [3.05, 3.63) is 35.1 Å². The topological polar surface area (TPSA) is 49.3 Å². The minimum absolute atomic E-state index is 0.0302. The third-order valence-electron chi connectivity index (χ3n) is 4.01. The molecule has 0 aromatic heterocycles. The first kappa shape index (κ1) is 15.0. The van der Waals surface area contributed by atoms with Gasteiger partial charge in [-0.3, -0.25) is 4.79 Å². The molecule has 1 atom stereocenters. The minimum atomic E-state index is -0.790. The van der Waals surface area contributed by atoms with Gasteiger partial charge in [-0.15, -0.1) is 0 Å². The van der Waals surface area contributed by atoms with Crippen LogP contribution in [0.5, 0.6) is 0 Å². The predicted octanol–water partition coefficient (Wildman–Crippen LogP) is 2.86. The summed E-state index contributed by atoms with van der Waals surface area (Å²) in [5, 5.41) is 12.8. The largest absolute Gasteiger partial charge is 0.387 e. The summed E-state index contributed by atoms with van der Waals surface area (Å²) in [4.78, 5) is 12.0. The van der Waals surface area contributed by atoms with Crippen molar-refractivity contribution in [2.75, 3.05) is 6.54 Å². The maximum absolute atomic E-state index is 13.2. The van der Waals surface area contributed by atoms with Crippen molar-refractivity contribution in [3.8, 4) is 0 Å². The molecule has 0 spiro atoms. The fourth-order valence-electron chi connectivity index (χ4n) is 2.70. The third-order valence-corrected chi connectivity index (χ3v) is 4.01. The Bertz CT molecular complexity index is 470. The lowest BCUT2D eigenvalue weighted by atomic mass is 9.88. The second-order valence-electron chi connectivity index (χ2n) is 5.60. The van der Waals surface area contributed by atoms with Gasteiger partial charge < -0.3 is 10.4 Å². The third kappa shape index (κ3) is 3.79. The Balaban J connectivity index is 1.86. The number of carbonyl (C=O) groups is 1. The molecule has 1 aromatic carbocycles. The normalized spacial score (nSPS) is 17.8. The van der Waals surface area contributed by atoms with E-state index in [1.807, 2.05) is 0 Å². The molecule has 20 heavy (non-hydrogen) atoms. The minimum Gasteiger partial charge on any atom is -0.387 e. The van der Waals surface area contributed by atoms with Crippen molar-refractivity contribution in [3.63, 3.8) is 0 Å². The first-order valence-corrected chi connectivity index (χ1v) is 7.29. The van der Waals surface area contributed by atoms with Crippen LogP contribution in [0.25, 0.3) is 0 Å². The molecule has 1 aliphatic rings. The summed E-state index contributed by atoms with van der Waals surface area (Å²) in [6.07, 6.45) is 4.52. The van der Waals surface area contributed by atoms with E-state index in [1.165, 1.54) is 12.5 Å². The summed E-state index contributed by atoms with van der Waals surface area (Å²) in [6, 6.07) is 4.52. The standard InChI is InChI=1S/C16H22FNO2/c1-11-9-13(7-8-14(11)17)15(19)10-18-16(20)12-5-3-2-4-6-12/h7-9,12,15,19H,2-6,10H2,1H3,(H,18,20). The molecule has 4 heteroatoms. The number of aliphatic hydroxyl groups is 1. The number of nitrogens with one attached hydrogen (secondary N) is 1. The van der Waals surface area contributed by atoms with Gasteiger partial charge in [0, 0.05) is 12.5 Å². The number of carbonyl (C=O) groups excluding carboxylic acids is 1. The highest BCUT2D eigenvalue weighted by Crippen LogP contribution is 2.24. The number of hydrogen-bond acceptors (Lipinski definition) is 2. The van der Waals surface area contributed by atoms with E-state index in [0.29, 0.717) is 11.1 Å². The molecule has 110 valence electrons. The molecule has 0 saturated heterocycles. The Kier molecular flexibility index (Phi) is 5.12. The summed E-state index contributed by atoms with van der Waals surface area (Å²) in [5.74, 6) is -0.166. The van der Waals surface area contributed by atoms with Gasteiger partial charge in [0.05, 0.1) is 6.10 Å². The molecule has 1 unspecified atom stereocenters. The predicted molar refractivity (Wildman–Crippen MR) is 75.7 cm³/mol. The number of hydrogen-bond donors (Lipinski definition) is 2. The SMILES string of the molecule is Cc1cc(C(O)CNC(=O)C2CCCCC2)ccc1F. The number of aryl methyl sites for hydroxylation is 1. The summed E-state index contributed by atoms with van der Waals surface area (Å²) in [7, 11) is 0. The van der Waals surface area contributed by atoms with Gasteiger partial charge in [-0.05, 0) is 37.0 Å². The van der Waals surface area contributed by atoms with E-state index >= 15 is 0 Å². The Morgan fingerprint density at radius 3 is 2.75 bits per heavy atom. The summed E-state index contributed by atoms with van der Waals surface area (Å²) < 4.78 is 13.2. The smallest absolute Gasteiger partial charge is 0.223 e. The molecule has 2 N–H and O–H groups in total. The Labute approximate surface area is 119 Å². The molecule has 1 aliphatic carbocycles. The van der Waals surface area contributed by atoms with E-state index in [-0.39, 0.29) is 24.2 Å². The van der Waals surface area contributed by atoms with Gasteiger partial charge in [-0.25, -0.2) is 4.39 Å². The quantitative estimate of drug-likeness (QED) is 0.890. The van der Waals surface area contributed by atoms with Crippen LogP contribution in [0, 0.1) is 18.7 Å². The van der Waals surface area contributed by atoms with Crippen molar-refractivity contribution in [1.29, 1.82) is 0 Å². The zero-order valence-electron chi connectivity index (χ0n) is 11.9. The van der Waals surface area contributed by atoms with Gasteiger partial charge in [-0.2, -0.15) is 0 Å². The lowest BCUT2D eigenvalue weighted by Crippen LogP contribution is -2.34. The molecule has 0 bridgehead atoms. The molecule has 1 fully saturated rings. The van der Waals surface area contributed by atoms with Gasteiger partial charge >= 0.3 is 0 Å². The molecule has 1 amide bonds. The molecule has 0 radical (unpaired) electrons. The van der Waals surface area contributed by atoms with Crippen LogP contribution in [0.15, 0.2) is 18.2 Å². The fraction of sp³-hybridized carbons (Fsp3) is 0.562. The average Bonchev–Trinajstić information content (AvgIpc) is 2.48. The molecule has 2 rings (SSSR count). The first-order chi connectivity index (χ1) is 9.58. The van der Waals surface area contributed by atoms with Crippen LogP contribution in [-0.4, -0.2) is 17.6 Å². The number of rotatable bonds is 4. The van der Waals surface area contributed by atoms with Crippen molar-refractivity contribution in [2.24, 2.45) is 5.92 Å². The highest BCUT2D eigenvalue weighted by Gasteiger charge is 2.21. The molecule has 0 aliphatic heterocycles. The monoisotopic (exact) mass is 279 g/mol. The lowest BCUT2D eigenvalue weighted by Gasteiger charge is -2.21. The van der Waals surface area contributed by atoms with E-state index in [4.69, 9.17) is 0 Å². The van der Waals surface area contributed by atoms with Gasteiger partial charge in [0.15, 0.2) is 0 Å². The second kappa shape index (κ2) is 6.84. The van der Waals surface area contributed by atoms with Crippen LogP contribution in [0.1, 0.15) is 49.3 Å². The highest BCUT2D eigenvalue weighted by atomic mass is 19.1.